The quantitative estimate of drug-likeness (QED) is 0.290. The maximum Gasteiger partial charge on any atom is 0.332 e. The topological polar surface area (TPSA) is 116 Å². The Morgan fingerprint density at radius 2 is 1.64 bits per heavy atom. The first-order valence-corrected chi connectivity index (χ1v) is 13.6. The zero-order chi connectivity index (χ0) is 27.5. The van der Waals surface area contributed by atoms with Gasteiger partial charge >= 0.3 is 5.69 Å². The fourth-order valence-corrected chi connectivity index (χ4v) is 5.05. The van der Waals surface area contributed by atoms with Gasteiger partial charge < -0.3 is 4.57 Å². The fourth-order valence-electron chi connectivity index (χ4n) is 5.05. The lowest BCUT2D eigenvalue weighted by Gasteiger charge is -2.14. The SMILES string of the molecule is CCCc1nc2c(c(=O)n(CCC)c(=O)n2CC(C)C)n1Cc1ccc(-c2ccccc2-c2nn[nH]n2)cc1. The van der Waals surface area contributed by atoms with Crippen molar-refractivity contribution < 1.29 is 0 Å². The van der Waals surface area contributed by atoms with E-state index in [1.165, 1.54) is 4.57 Å². The van der Waals surface area contributed by atoms with Crippen LogP contribution in [0, 0.1) is 5.92 Å². The summed E-state index contributed by atoms with van der Waals surface area (Å²) in [5, 5.41) is 14.5. The molecule has 5 rings (SSSR count). The van der Waals surface area contributed by atoms with Crippen molar-refractivity contribution in [3.8, 4) is 22.5 Å². The van der Waals surface area contributed by atoms with Gasteiger partial charge in [-0.3, -0.25) is 13.9 Å². The monoisotopic (exact) mass is 526 g/mol. The number of imidazole rings is 1. The van der Waals surface area contributed by atoms with Gasteiger partial charge in [-0.05, 0) is 40.7 Å². The Morgan fingerprint density at radius 3 is 2.28 bits per heavy atom. The highest BCUT2D eigenvalue weighted by atomic mass is 16.2. The summed E-state index contributed by atoms with van der Waals surface area (Å²) in [4.78, 5) is 31.8. The maximum absolute atomic E-state index is 13.7. The summed E-state index contributed by atoms with van der Waals surface area (Å²) in [5.74, 6) is 1.60. The summed E-state index contributed by atoms with van der Waals surface area (Å²) in [6.45, 7) is 9.58. The van der Waals surface area contributed by atoms with E-state index >= 15 is 0 Å². The van der Waals surface area contributed by atoms with E-state index in [2.05, 4.69) is 65.7 Å². The number of H-pyrrole nitrogens is 1. The number of aromatic amines is 1. The minimum Gasteiger partial charge on any atom is -0.318 e. The van der Waals surface area contributed by atoms with Gasteiger partial charge in [0, 0.05) is 31.6 Å². The van der Waals surface area contributed by atoms with Crippen LogP contribution in [0.3, 0.4) is 0 Å². The molecule has 0 radical (unpaired) electrons. The Kier molecular flexibility index (Phi) is 7.53. The molecule has 0 unspecified atom stereocenters. The highest BCUT2D eigenvalue weighted by molar-refractivity contribution is 5.80. The van der Waals surface area contributed by atoms with Crippen molar-refractivity contribution in [3.05, 3.63) is 80.8 Å². The number of aryl methyl sites for hydroxylation is 1. The van der Waals surface area contributed by atoms with Gasteiger partial charge in [0.05, 0.1) is 0 Å². The lowest BCUT2D eigenvalue weighted by molar-refractivity contribution is 0.484. The smallest absolute Gasteiger partial charge is 0.318 e. The Hall–Kier alpha value is -4.34. The molecule has 202 valence electrons. The van der Waals surface area contributed by atoms with Crippen LogP contribution in [0.25, 0.3) is 33.7 Å². The average molecular weight is 527 g/mol. The largest absolute Gasteiger partial charge is 0.332 e. The second-order valence-electron chi connectivity index (χ2n) is 10.3. The summed E-state index contributed by atoms with van der Waals surface area (Å²) in [6, 6.07) is 16.2. The number of tetrazole rings is 1. The highest BCUT2D eigenvalue weighted by Gasteiger charge is 2.22. The molecule has 0 aliphatic heterocycles. The molecule has 0 saturated carbocycles. The van der Waals surface area contributed by atoms with E-state index in [-0.39, 0.29) is 17.2 Å². The Bertz CT molecular complexity index is 1690. The van der Waals surface area contributed by atoms with E-state index in [1.807, 2.05) is 35.8 Å². The van der Waals surface area contributed by atoms with Crippen molar-refractivity contribution in [2.24, 2.45) is 5.92 Å². The van der Waals surface area contributed by atoms with Crippen molar-refractivity contribution in [1.29, 1.82) is 0 Å². The number of hydrogen-bond donors (Lipinski definition) is 1. The third-order valence-electron chi connectivity index (χ3n) is 6.78. The normalized spacial score (nSPS) is 11.6. The third kappa shape index (κ3) is 5.06. The molecule has 39 heavy (non-hydrogen) atoms. The average Bonchev–Trinajstić information content (AvgIpc) is 3.59. The Morgan fingerprint density at radius 1 is 0.897 bits per heavy atom. The summed E-state index contributed by atoms with van der Waals surface area (Å²) >= 11 is 0. The first-order valence-electron chi connectivity index (χ1n) is 13.6. The minimum atomic E-state index is -0.277. The van der Waals surface area contributed by atoms with Gasteiger partial charge in [-0.15, -0.1) is 10.2 Å². The van der Waals surface area contributed by atoms with Crippen molar-refractivity contribution in [2.75, 3.05) is 0 Å². The van der Waals surface area contributed by atoms with E-state index in [4.69, 9.17) is 4.98 Å². The van der Waals surface area contributed by atoms with Gasteiger partial charge in [-0.25, -0.2) is 9.78 Å². The number of hydrogen-bond acceptors (Lipinski definition) is 6. The van der Waals surface area contributed by atoms with E-state index in [0.29, 0.717) is 49.5 Å². The summed E-state index contributed by atoms with van der Waals surface area (Å²) < 4.78 is 5.06. The van der Waals surface area contributed by atoms with Crippen LogP contribution in [0.4, 0.5) is 0 Å². The molecule has 5 aromatic rings. The van der Waals surface area contributed by atoms with Crippen LogP contribution in [-0.4, -0.2) is 39.3 Å². The predicted octanol–water partition coefficient (Wildman–Crippen LogP) is 4.27. The molecule has 0 saturated heterocycles. The van der Waals surface area contributed by atoms with E-state index in [9.17, 15) is 9.59 Å². The van der Waals surface area contributed by atoms with Crippen LogP contribution in [0.1, 0.15) is 51.9 Å². The zero-order valence-corrected chi connectivity index (χ0v) is 22.9. The van der Waals surface area contributed by atoms with Gasteiger partial charge in [-0.1, -0.05) is 76.2 Å². The van der Waals surface area contributed by atoms with Crippen LogP contribution in [0.15, 0.2) is 58.1 Å². The lowest BCUT2D eigenvalue weighted by atomic mass is 9.98. The van der Waals surface area contributed by atoms with Gasteiger partial charge in [-0.2, -0.15) is 5.21 Å². The number of benzene rings is 2. The summed E-state index contributed by atoms with van der Waals surface area (Å²) in [5.41, 5.74) is 4.40. The summed E-state index contributed by atoms with van der Waals surface area (Å²) in [7, 11) is 0. The zero-order valence-electron chi connectivity index (χ0n) is 22.9. The summed E-state index contributed by atoms with van der Waals surface area (Å²) in [6.07, 6.45) is 2.30. The molecule has 0 amide bonds. The van der Waals surface area contributed by atoms with Crippen LogP contribution < -0.4 is 11.2 Å². The predicted molar refractivity (Wildman–Crippen MR) is 152 cm³/mol. The molecule has 3 aromatic heterocycles. The molecule has 0 aliphatic carbocycles. The first kappa shape index (κ1) is 26.3. The van der Waals surface area contributed by atoms with Crippen LogP contribution in [0.5, 0.6) is 0 Å². The first-order chi connectivity index (χ1) is 18.9. The molecule has 3 heterocycles. The number of nitrogens with zero attached hydrogens (tertiary/aromatic N) is 7. The number of fused-ring (bicyclic) bond motifs is 1. The third-order valence-corrected chi connectivity index (χ3v) is 6.78. The molecule has 0 atom stereocenters. The van der Waals surface area contributed by atoms with Crippen molar-refractivity contribution >= 4 is 11.2 Å². The van der Waals surface area contributed by atoms with Crippen molar-refractivity contribution in [1.82, 2.24) is 39.3 Å². The van der Waals surface area contributed by atoms with E-state index in [0.717, 1.165) is 34.5 Å². The van der Waals surface area contributed by atoms with Crippen molar-refractivity contribution in [3.63, 3.8) is 0 Å². The molecule has 0 fully saturated rings. The van der Waals surface area contributed by atoms with E-state index < -0.39 is 0 Å². The van der Waals surface area contributed by atoms with Gasteiger partial charge in [0.2, 0.25) is 5.82 Å². The van der Waals surface area contributed by atoms with Crippen LogP contribution >= 0.6 is 0 Å². The standard InChI is InChI=1S/C29H34N8O2/c1-5-9-24-30-27-25(28(38)35(16-6-2)29(39)37(27)17-19(3)4)36(24)18-20-12-14-21(15-13-20)22-10-7-8-11-23(22)26-31-33-34-32-26/h7-8,10-15,19H,5-6,9,16-18H2,1-4H3,(H,31,32,33,34). The molecule has 1 N–H and O–H groups in total. The molecule has 0 bridgehead atoms. The van der Waals surface area contributed by atoms with E-state index in [1.54, 1.807) is 4.57 Å². The number of aromatic nitrogens is 8. The lowest BCUT2D eigenvalue weighted by Crippen LogP contribution is -2.41. The molecule has 0 aliphatic rings. The number of nitrogens with one attached hydrogen (secondary N) is 1. The highest BCUT2D eigenvalue weighted by Crippen LogP contribution is 2.30. The molecule has 10 nitrogen and oxygen atoms in total. The number of rotatable bonds is 10. The Balaban J connectivity index is 1.59. The Labute approximate surface area is 226 Å². The molecular formula is C29H34N8O2. The fraction of sp³-hybridized carbons (Fsp3) is 0.379. The van der Waals surface area contributed by atoms with Crippen LogP contribution in [0.2, 0.25) is 0 Å². The molecular weight excluding hydrogens is 492 g/mol. The van der Waals surface area contributed by atoms with Gasteiger partial charge in [0.15, 0.2) is 11.2 Å². The molecule has 0 spiro atoms. The van der Waals surface area contributed by atoms with Crippen molar-refractivity contribution in [2.45, 2.75) is 66.6 Å². The van der Waals surface area contributed by atoms with Crippen LogP contribution in [-0.2, 0) is 26.1 Å². The van der Waals surface area contributed by atoms with Gasteiger partial charge in [0.25, 0.3) is 5.56 Å². The van der Waals surface area contributed by atoms with Gasteiger partial charge in [0.1, 0.15) is 5.82 Å². The second kappa shape index (κ2) is 11.2. The second-order valence-corrected chi connectivity index (χ2v) is 10.3. The molecule has 10 heteroatoms. The minimum absolute atomic E-state index is 0.237. The maximum atomic E-state index is 13.7. The molecule has 2 aromatic carbocycles.